The SMILES string of the molecule is CN1CCC2(C)c3cc(O)ccc3C[C@@H]1[C@@H]2NC(=O)Cc1ccccc1. The molecule has 2 aromatic carbocycles. The summed E-state index contributed by atoms with van der Waals surface area (Å²) in [7, 11) is 2.14. The molecule has 136 valence electrons. The molecule has 1 heterocycles. The summed E-state index contributed by atoms with van der Waals surface area (Å²) in [5, 5.41) is 13.4. The maximum atomic E-state index is 12.8. The summed E-state index contributed by atoms with van der Waals surface area (Å²) in [6.07, 6.45) is 2.27. The molecule has 4 heteroatoms. The van der Waals surface area contributed by atoms with Crippen LogP contribution in [-0.2, 0) is 23.1 Å². The molecule has 26 heavy (non-hydrogen) atoms. The van der Waals surface area contributed by atoms with Crippen LogP contribution in [0.3, 0.4) is 0 Å². The minimum Gasteiger partial charge on any atom is -0.508 e. The van der Waals surface area contributed by atoms with Gasteiger partial charge in [-0.25, -0.2) is 0 Å². The zero-order valence-corrected chi connectivity index (χ0v) is 15.4. The average molecular weight is 350 g/mol. The van der Waals surface area contributed by atoms with Gasteiger partial charge in [-0.1, -0.05) is 43.3 Å². The molecule has 1 aliphatic heterocycles. The van der Waals surface area contributed by atoms with Gasteiger partial charge in [0.05, 0.1) is 12.5 Å². The molecule has 3 atom stereocenters. The summed E-state index contributed by atoms with van der Waals surface area (Å²) >= 11 is 0. The van der Waals surface area contributed by atoms with Gasteiger partial charge in [0.2, 0.25) is 5.91 Å². The van der Waals surface area contributed by atoms with E-state index in [0.717, 1.165) is 24.9 Å². The van der Waals surface area contributed by atoms with Crippen molar-refractivity contribution in [2.45, 2.75) is 43.7 Å². The number of carbonyl (C=O) groups excluding carboxylic acids is 1. The highest BCUT2D eigenvalue weighted by Crippen LogP contribution is 2.45. The first-order valence-electron chi connectivity index (χ1n) is 9.33. The molecular formula is C22H26N2O2. The maximum absolute atomic E-state index is 12.8. The van der Waals surface area contributed by atoms with Crippen LogP contribution >= 0.6 is 0 Å². The largest absolute Gasteiger partial charge is 0.508 e. The van der Waals surface area contributed by atoms with Crippen molar-refractivity contribution in [2.24, 2.45) is 0 Å². The number of piperidine rings is 1. The first kappa shape index (κ1) is 17.1. The third-order valence-electron chi connectivity index (χ3n) is 6.28. The lowest BCUT2D eigenvalue weighted by atomic mass is 9.61. The zero-order valence-electron chi connectivity index (χ0n) is 15.4. The smallest absolute Gasteiger partial charge is 0.224 e. The second-order valence-corrected chi connectivity index (χ2v) is 7.97. The van der Waals surface area contributed by atoms with Crippen molar-refractivity contribution in [3.63, 3.8) is 0 Å². The quantitative estimate of drug-likeness (QED) is 0.895. The van der Waals surface area contributed by atoms with E-state index in [1.807, 2.05) is 42.5 Å². The lowest BCUT2D eigenvalue weighted by Crippen LogP contribution is -2.67. The zero-order chi connectivity index (χ0) is 18.3. The summed E-state index contributed by atoms with van der Waals surface area (Å²) in [5.74, 6) is 0.369. The standard InChI is InChI=1S/C22H26N2O2/c1-22-10-11-24(2)19(13-16-8-9-17(25)14-18(16)22)21(22)23-20(26)12-15-6-4-3-5-7-15/h3-9,14,19,21,25H,10-13H2,1-2H3,(H,23,26)/t19-,21+,22?/m1/s1. The third-order valence-corrected chi connectivity index (χ3v) is 6.28. The van der Waals surface area contributed by atoms with E-state index in [4.69, 9.17) is 0 Å². The van der Waals surface area contributed by atoms with Gasteiger partial charge in [-0.2, -0.15) is 0 Å². The van der Waals surface area contributed by atoms with E-state index in [0.29, 0.717) is 12.2 Å². The van der Waals surface area contributed by atoms with Crippen LogP contribution in [0.5, 0.6) is 5.75 Å². The third kappa shape index (κ3) is 2.88. The monoisotopic (exact) mass is 350 g/mol. The molecule has 0 saturated carbocycles. The van der Waals surface area contributed by atoms with Gasteiger partial charge < -0.3 is 15.3 Å². The number of likely N-dealkylation sites (N-methyl/N-ethyl adjacent to an activating group) is 1. The van der Waals surface area contributed by atoms with Gasteiger partial charge in [0.1, 0.15) is 5.75 Å². The van der Waals surface area contributed by atoms with Gasteiger partial charge in [0, 0.05) is 11.5 Å². The number of carbonyl (C=O) groups is 1. The normalized spacial score (nSPS) is 27.6. The number of likely N-dealkylation sites (tertiary alicyclic amines) is 1. The van der Waals surface area contributed by atoms with Crippen LogP contribution in [0.4, 0.5) is 0 Å². The number of phenols is 1. The number of benzene rings is 2. The first-order chi connectivity index (χ1) is 12.5. The van der Waals surface area contributed by atoms with E-state index in [1.165, 1.54) is 11.1 Å². The molecule has 2 aromatic rings. The molecule has 2 bridgehead atoms. The fourth-order valence-corrected chi connectivity index (χ4v) is 4.75. The number of aromatic hydroxyl groups is 1. The van der Waals surface area contributed by atoms with E-state index in [9.17, 15) is 9.90 Å². The van der Waals surface area contributed by atoms with Crippen LogP contribution < -0.4 is 5.32 Å². The highest BCUT2D eigenvalue weighted by molar-refractivity contribution is 5.79. The maximum Gasteiger partial charge on any atom is 0.224 e. The second kappa shape index (κ2) is 6.44. The van der Waals surface area contributed by atoms with E-state index in [-0.39, 0.29) is 23.4 Å². The lowest BCUT2D eigenvalue weighted by Gasteiger charge is -2.54. The van der Waals surface area contributed by atoms with Crippen LogP contribution in [0.15, 0.2) is 48.5 Å². The van der Waals surface area contributed by atoms with Crippen molar-refractivity contribution in [2.75, 3.05) is 13.6 Å². The number of amides is 1. The van der Waals surface area contributed by atoms with E-state index >= 15 is 0 Å². The fourth-order valence-electron chi connectivity index (χ4n) is 4.75. The van der Waals surface area contributed by atoms with Crippen LogP contribution in [0.25, 0.3) is 0 Å². The molecule has 2 aliphatic rings. The Hall–Kier alpha value is -2.33. The highest BCUT2D eigenvalue weighted by atomic mass is 16.3. The van der Waals surface area contributed by atoms with E-state index in [2.05, 4.69) is 24.2 Å². The molecule has 1 amide bonds. The Morgan fingerprint density at radius 2 is 2.04 bits per heavy atom. The first-order valence-corrected chi connectivity index (χ1v) is 9.33. The van der Waals surface area contributed by atoms with Crippen LogP contribution in [0.1, 0.15) is 30.0 Å². The Bertz CT molecular complexity index is 820. The van der Waals surface area contributed by atoms with Gasteiger partial charge in [-0.3, -0.25) is 4.79 Å². The summed E-state index contributed by atoms with van der Waals surface area (Å²) in [4.78, 5) is 15.1. The molecule has 1 saturated heterocycles. The molecule has 2 N–H and O–H groups in total. The van der Waals surface area contributed by atoms with Gasteiger partial charge in [0.15, 0.2) is 0 Å². The molecule has 1 aliphatic carbocycles. The van der Waals surface area contributed by atoms with Crippen molar-refractivity contribution in [3.8, 4) is 5.75 Å². The summed E-state index contributed by atoms with van der Waals surface area (Å²) in [6, 6.07) is 15.9. The topological polar surface area (TPSA) is 52.6 Å². The minimum absolute atomic E-state index is 0.0479. The molecule has 1 unspecified atom stereocenters. The number of hydrogen-bond donors (Lipinski definition) is 2. The lowest BCUT2D eigenvalue weighted by molar-refractivity contribution is -0.123. The van der Waals surface area contributed by atoms with Gasteiger partial charge in [-0.15, -0.1) is 0 Å². The molecule has 4 rings (SSSR count). The molecule has 4 nitrogen and oxygen atoms in total. The minimum atomic E-state index is -0.157. The summed E-state index contributed by atoms with van der Waals surface area (Å²) in [5.41, 5.74) is 3.35. The number of nitrogens with zero attached hydrogens (tertiary/aromatic N) is 1. The van der Waals surface area contributed by atoms with Gasteiger partial charge >= 0.3 is 0 Å². The Labute approximate surface area is 154 Å². The predicted molar refractivity (Wildman–Crippen MR) is 102 cm³/mol. The van der Waals surface area contributed by atoms with Crippen molar-refractivity contribution >= 4 is 5.91 Å². The van der Waals surface area contributed by atoms with Crippen LogP contribution in [0, 0.1) is 0 Å². The Kier molecular flexibility index (Phi) is 4.23. The Morgan fingerprint density at radius 1 is 1.27 bits per heavy atom. The molecule has 1 fully saturated rings. The van der Waals surface area contributed by atoms with Crippen LogP contribution in [-0.4, -0.2) is 41.6 Å². The number of phenolic OH excluding ortho intramolecular Hbond substituents is 1. The molecule has 0 aromatic heterocycles. The van der Waals surface area contributed by atoms with Crippen molar-refractivity contribution in [3.05, 3.63) is 65.2 Å². The Balaban J connectivity index is 1.63. The average Bonchev–Trinajstić information content (AvgIpc) is 2.62. The Morgan fingerprint density at radius 3 is 2.81 bits per heavy atom. The van der Waals surface area contributed by atoms with Gasteiger partial charge in [0.25, 0.3) is 0 Å². The van der Waals surface area contributed by atoms with Crippen molar-refractivity contribution < 1.29 is 9.90 Å². The summed E-state index contributed by atoms with van der Waals surface area (Å²) in [6.45, 7) is 3.24. The number of fused-ring (bicyclic) bond motifs is 4. The van der Waals surface area contributed by atoms with E-state index < -0.39 is 0 Å². The highest BCUT2D eigenvalue weighted by Gasteiger charge is 2.50. The number of hydrogen-bond acceptors (Lipinski definition) is 3. The molecular weight excluding hydrogens is 324 g/mol. The fraction of sp³-hybridized carbons (Fsp3) is 0.409. The van der Waals surface area contributed by atoms with Crippen molar-refractivity contribution in [1.82, 2.24) is 10.2 Å². The van der Waals surface area contributed by atoms with Gasteiger partial charge in [-0.05, 0) is 55.3 Å². The summed E-state index contributed by atoms with van der Waals surface area (Å²) < 4.78 is 0. The molecule has 0 spiro atoms. The molecule has 0 radical (unpaired) electrons. The number of nitrogens with one attached hydrogen (secondary N) is 1. The number of rotatable bonds is 3. The van der Waals surface area contributed by atoms with Crippen LogP contribution in [0.2, 0.25) is 0 Å². The van der Waals surface area contributed by atoms with Crippen molar-refractivity contribution in [1.29, 1.82) is 0 Å². The second-order valence-electron chi connectivity index (χ2n) is 7.97. The van der Waals surface area contributed by atoms with E-state index in [1.54, 1.807) is 6.07 Å². The predicted octanol–water partition coefficient (Wildman–Crippen LogP) is 2.64.